The summed E-state index contributed by atoms with van der Waals surface area (Å²) in [6.07, 6.45) is 5.72. The second kappa shape index (κ2) is 5.31. The molecule has 94 valence electrons. The highest BCUT2D eigenvalue weighted by Gasteiger charge is 2.20. The van der Waals surface area contributed by atoms with E-state index in [0.29, 0.717) is 11.6 Å². The number of nitrogens with zero attached hydrogens (tertiary/aromatic N) is 1. The van der Waals surface area contributed by atoms with Gasteiger partial charge in [-0.05, 0) is 19.8 Å². The average molecular weight is 236 g/mol. The molecule has 0 spiro atoms. The maximum absolute atomic E-state index is 11.3. The second-order valence-corrected chi connectivity index (χ2v) is 4.77. The van der Waals surface area contributed by atoms with Gasteiger partial charge in [0.15, 0.2) is 0 Å². The summed E-state index contributed by atoms with van der Waals surface area (Å²) in [5.41, 5.74) is 6.00. The van der Waals surface area contributed by atoms with Crippen LogP contribution in [0.2, 0.25) is 0 Å². The lowest BCUT2D eigenvalue weighted by Crippen LogP contribution is -2.39. The van der Waals surface area contributed by atoms with E-state index in [4.69, 9.17) is 5.73 Å². The van der Waals surface area contributed by atoms with Gasteiger partial charge in [0.2, 0.25) is 0 Å². The molecular formula is C12H20N4O. The molecule has 0 bridgehead atoms. The molecule has 2 rings (SSSR count). The van der Waals surface area contributed by atoms with Crippen LogP contribution in [0.25, 0.3) is 0 Å². The third-order valence-corrected chi connectivity index (χ3v) is 3.26. The van der Waals surface area contributed by atoms with Gasteiger partial charge in [0, 0.05) is 18.2 Å². The van der Waals surface area contributed by atoms with Crippen molar-refractivity contribution in [2.24, 2.45) is 5.73 Å². The van der Waals surface area contributed by atoms with E-state index in [1.807, 2.05) is 0 Å². The summed E-state index contributed by atoms with van der Waals surface area (Å²) < 4.78 is 0. The van der Waals surface area contributed by atoms with Crippen LogP contribution in [0.5, 0.6) is 0 Å². The van der Waals surface area contributed by atoms with Gasteiger partial charge in [-0.2, -0.15) is 0 Å². The average Bonchev–Trinajstić information content (AvgIpc) is 2.43. The lowest BCUT2D eigenvalue weighted by Gasteiger charge is -2.23. The van der Waals surface area contributed by atoms with E-state index < -0.39 is 0 Å². The predicted octanol–water partition coefficient (Wildman–Crippen LogP) is 1.15. The number of rotatable bonds is 2. The van der Waals surface area contributed by atoms with Crippen molar-refractivity contribution < 1.29 is 0 Å². The fraction of sp³-hybridized carbons (Fsp3) is 0.667. The molecule has 1 aromatic heterocycles. The van der Waals surface area contributed by atoms with Crippen molar-refractivity contribution in [3.8, 4) is 0 Å². The van der Waals surface area contributed by atoms with Crippen LogP contribution in [0.15, 0.2) is 10.9 Å². The van der Waals surface area contributed by atoms with Crippen LogP contribution in [0.3, 0.4) is 0 Å². The first-order valence-electron chi connectivity index (χ1n) is 6.25. The first-order chi connectivity index (χ1) is 8.15. The van der Waals surface area contributed by atoms with E-state index in [0.717, 1.165) is 12.8 Å². The summed E-state index contributed by atoms with van der Waals surface area (Å²) in [5, 5.41) is 3.30. The molecule has 4 N–H and O–H groups in total. The minimum atomic E-state index is -0.123. The zero-order valence-corrected chi connectivity index (χ0v) is 10.2. The Balaban J connectivity index is 2.10. The number of hydrogen-bond donors (Lipinski definition) is 3. The fourth-order valence-corrected chi connectivity index (χ4v) is 2.36. The van der Waals surface area contributed by atoms with Gasteiger partial charge in [0.25, 0.3) is 5.56 Å². The normalized spacial score (nSPS) is 25.3. The summed E-state index contributed by atoms with van der Waals surface area (Å²) >= 11 is 0. The minimum Gasteiger partial charge on any atom is -0.366 e. The van der Waals surface area contributed by atoms with Crippen LogP contribution in [-0.4, -0.2) is 22.1 Å². The number of nitrogens with one attached hydrogen (secondary N) is 2. The molecule has 0 radical (unpaired) electrons. The van der Waals surface area contributed by atoms with Crippen LogP contribution >= 0.6 is 0 Å². The topological polar surface area (TPSA) is 83.8 Å². The lowest BCUT2D eigenvalue weighted by atomic mass is 10.0. The lowest BCUT2D eigenvalue weighted by molar-refractivity contribution is 0.526. The summed E-state index contributed by atoms with van der Waals surface area (Å²) in [6, 6.07) is 1.87. The summed E-state index contributed by atoms with van der Waals surface area (Å²) in [6.45, 7) is 1.78. The van der Waals surface area contributed by atoms with Crippen LogP contribution in [0.1, 0.15) is 37.9 Å². The van der Waals surface area contributed by atoms with E-state index in [1.165, 1.54) is 25.3 Å². The van der Waals surface area contributed by atoms with Gasteiger partial charge in [-0.15, -0.1) is 0 Å². The van der Waals surface area contributed by atoms with Crippen LogP contribution < -0.4 is 16.6 Å². The highest BCUT2D eigenvalue weighted by molar-refractivity contribution is 5.34. The molecule has 1 saturated carbocycles. The molecule has 1 aliphatic carbocycles. The first-order valence-corrected chi connectivity index (χ1v) is 6.25. The Hall–Kier alpha value is -1.36. The molecule has 2 unspecified atom stereocenters. The SMILES string of the molecule is Cc1nc(NC2CCCCCC2N)cc(=O)[nH]1. The quantitative estimate of drug-likeness (QED) is 0.673. The molecule has 1 fully saturated rings. The van der Waals surface area contributed by atoms with E-state index in [2.05, 4.69) is 15.3 Å². The summed E-state index contributed by atoms with van der Waals surface area (Å²) in [4.78, 5) is 18.2. The maximum atomic E-state index is 11.3. The molecule has 1 aromatic rings. The van der Waals surface area contributed by atoms with Crippen molar-refractivity contribution in [1.82, 2.24) is 9.97 Å². The monoisotopic (exact) mass is 236 g/mol. The van der Waals surface area contributed by atoms with Gasteiger partial charge in [-0.3, -0.25) is 4.79 Å². The number of aromatic amines is 1. The van der Waals surface area contributed by atoms with E-state index in [1.54, 1.807) is 6.92 Å². The Morgan fingerprint density at radius 1 is 1.41 bits per heavy atom. The number of nitrogens with two attached hydrogens (primary N) is 1. The zero-order valence-electron chi connectivity index (χ0n) is 10.2. The molecule has 2 atom stereocenters. The molecule has 17 heavy (non-hydrogen) atoms. The van der Waals surface area contributed by atoms with Gasteiger partial charge < -0.3 is 16.0 Å². The van der Waals surface area contributed by atoms with Crippen molar-refractivity contribution in [3.63, 3.8) is 0 Å². The zero-order chi connectivity index (χ0) is 12.3. The highest BCUT2D eigenvalue weighted by Crippen LogP contribution is 2.19. The summed E-state index contributed by atoms with van der Waals surface area (Å²) in [7, 11) is 0. The van der Waals surface area contributed by atoms with E-state index in [-0.39, 0.29) is 17.6 Å². The smallest absolute Gasteiger partial charge is 0.252 e. The van der Waals surface area contributed by atoms with Crippen molar-refractivity contribution in [3.05, 3.63) is 22.2 Å². The van der Waals surface area contributed by atoms with Gasteiger partial charge in [-0.25, -0.2) is 4.98 Å². The van der Waals surface area contributed by atoms with E-state index >= 15 is 0 Å². The molecular weight excluding hydrogens is 216 g/mol. The number of aromatic nitrogens is 2. The van der Waals surface area contributed by atoms with Crippen LogP contribution in [0.4, 0.5) is 5.82 Å². The predicted molar refractivity (Wildman–Crippen MR) is 68.1 cm³/mol. The van der Waals surface area contributed by atoms with Crippen LogP contribution in [0, 0.1) is 6.92 Å². The van der Waals surface area contributed by atoms with Crippen LogP contribution in [-0.2, 0) is 0 Å². The highest BCUT2D eigenvalue weighted by atomic mass is 16.1. The van der Waals surface area contributed by atoms with Gasteiger partial charge in [0.1, 0.15) is 11.6 Å². The van der Waals surface area contributed by atoms with Crippen molar-refractivity contribution >= 4 is 5.82 Å². The first kappa shape index (κ1) is 12.1. The largest absolute Gasteiger partial charge is 0.366 e. The molecule has 1 aliphatic rings. The third kappa shape index (κ3) is 3.30. The number of H-pyrrole nitrogens is 1. The molecule has 5 nitrogen and oxygen atoms in total. The standard InChI is InChI=1S/C12H20N4O/c1-8-14-11(7-12(17)15-8)16-10-6-4-2-3-5-9(10)13/h7,9-10H,2-6,13H2,1H3,(H2,14,15,16,17). The molecule has 0 saturated heterocycles. The van der Waals surface area contributed by atoms with Crippen molar-refractivity contribution in [1.29, 1.82) is 0 Å². The summed E-state index contributed by atoms with van der Waals surface area (Å²) in [5.74, 6) is 1.26. The van der Waals surface area contributed by atoms with Gasteiger partial charge >= 0.3 is 0 Å². The molecule has 0 aromatic carbocycles. The Labute approximate surface area is 101 Å². The Bertz CT molecular complexity index is 429. The molecule has 0 amide bonds. The second-order valence-electron chi connectivity index (χ2n) is 4.77. The minimum absolute atomic E-state index is 0.123. The van der Waals surface area contributed by atoms with Gasteiger partial charge in [-0.1, -0.05) is 19.3 Å². The third-order valence-electron chi connectivity index (χ3n) is 3.26. The van der Waals surface area contributed by atoms with E-state index in [9.17, 15) is 4.79 Å². The Morgan fingerprint density at radius 3 is 2.94 bits per heavy atom. The Kier molecular flexibility index (Phi) is 3.78. The number of hydrogen-bond acceptors (Lipinski definition) is 4. The molecule has 5 heteroatoms. The number of anilines is 1. The maximum Gasteiger partial charge on any atom is 0.252 e. The van der Waals surface area contributed by atoms with Gasteiger partial charge in [0.05, 0.1) is 0 Å². The molecule has 0 aliphatic heterocycles. The van der Waals surface area contributed by atoms with Crippen molar-refractivity contribution in [2.75, 3.05) is 5.32 Å². The number of aryl methyl sites for hydroxylation is 1. The molecule has 1 heterocycles. The Morgan fingerprint density at radius 2 is 2.18 bits per heavy atom. The van der Waals surface area contributed by atoms with Crippen molar-refractivity contribution in [2.45, 2.75) is 51.1 Å². The fourth-order valence-electron chi connectivity index (χ4n) is 2.36.